The van der Waals surface area contributed by atoms with Gasteiger partial charge in [-0.15, -0.1) is 0 Å². The maximum absolute atomic E-state index is 13.1. The largest absolute Gasteiger partial charge is 0.493 e. The number of carbonyl (C=O) groups excluding carboxylic acids is 1. The normalized spacial score (nSPS) is 14.4. The average molecular weight is 626 g/mol. The van der Waals surface area contributed by atoms with Crippen LogP contribution in [-0.2, 0) is 11.4 Å². The van der Waals surface area contributed by atoms with Crippen LogP contribution in [0.25, 0.3) is 6.08 Å². The highest BCUT2D eigenvalue weighted by Crippen LogP contribution is 2.41. The van der Waals surface area contributed by atoms with Crippen molar-refractivity contribution in [3.05, 3.63) is 95.3 Å². The van der Waals surface area contributed by atoms with Crippen LogP contribution in [-0.4, -0.2) is 22.3 Å². The van der Waals surface area contributed by atoms with Crippen molar-refractivity contribution in [2.75, 3.05) is 12.0 Å². The van der Waals surface area contributed by atoms with Gasteiger partial charge in [-0.3, -0.25) is 19.8 Å². The molecule has 0 unspecified atom stereocenters. The lowest BCUT2D eigenvalue weighted by atomic mass is 10.1. The molecule has 0 radical (unpaired) electrons. The highest BCUT2D eigenvalue weighted by Gasteiger charge is 2.34. The number of non-ortho nitro benzene ring substituents is 1. The number of benzene rings is 3. The van der Waals surface area contributed by atoms with E-state index in [1.807, 2.05) is 0 Å². The Balaban J connectivity index is 1.59. The summed E-state index contributed by atoms with van der Waals surface area (Å²) < 4.78 is 12.4. The summed E-state index contributed by atoms with van der Waals surface area (Å²) >= 11 is 22.2. The minimum absolute atomic E-state index is 0.130. The van der Waals surface area contributed by atoms with Crippen LogP contribution in [0.3, 0.4) is 0 Å². The molecule has 1 fully saturated rings. The Morgan fingerprint density at radius 1 is 1.19 bits per heavy atom. The van der Waals surface area contributed by atoms with Gasteiger partial charge in [-0.2, -0.15) is 0 Å². The van der Waals surface area contributed by atoms with Crippen LogP contribution in [0.15, 0.2) is 64.0 Å². The molecule has 1 aliphatic rings. The van der Waals surface area contributed by atoms with E-state index < -0.39 is 4.92 Å². The summed E-state index contributed by atoms with van der Waals surface area (Å²) in [7, 11) is 1.51. The zero-order valence-electron chi connectivity index (χ0n) is 18.4. The molecule has 7 nitrogen and oxygen atoms in total. The Hall–Kier alpha value is -2.63. The summed E-state index contributed by atoms with van der Waals surface area (Å²) in [6.45, 7) is 0.187. The lowest BCUT2D eigenvalue weighted by molar-refractivity contribution is -0.384. The smallest absolute Gasteiger partial charge is 0.271 e. The molecule has 36 heavy (non-hydrogen) atoms. The Morgan fingerprint density at radius 2 is 1.97 bits per heavy atom. The molecule has 1 saturated heterocycles. The van der Waals surface area contributed by atoms with Gasteiger partial charge in [0.05, 0.1) is 27.1 Å². The van der Waals surface area contributed by atoms with Crippen molar-refractivity contribution < 1.29 is 19.2 Å². The zero-order chi connectivity index (χ0) is 26.0. The number of anilines is 1. The van der Waals surface area contributed by atoms with Gasteiger partial charge in [-0.25, -0.2) is 0 Å². The maximum Gasteiger partial charge on any atom is 0.271 e. The summed E-state index contributed by atoms with van der Waals surface area (Å²) in [5.41, 5.74) is 1.62. The highest BCUT2D eigenvalue weighted by atomic mass is 79.9. The van der Waals surface area contributed by atoms with Crippen LogP contribution >= 0.6 is 63.1 Å². The van der Waals surface area contributed by atoms with E-state index in [1.54, 1.807) is 42.5 Å². The van der Waals surface area contributed by atoms with Crippen LogP contribution in [0.2, 0.25) is 10.0 Å². The number of ether oxygens (including phenoxy) is 2. The summed E-state index contributed by atoms with van der Waals surface area (Å²) in [6.07, 6.45) is 1.67. The van der Waals surface area contributed by atoms with Crippen molar-refractivity contribution in [2.45, 2.75) is 6.61 Å². The molecular formula is C24H15BrCl2N2O5S2. The van der Waals surface area contributed by atoms with Gasteiger partial charge in [0.1, 0.15) is 6.61 Å². The van der Waals surface area contributed by atoms with Gasteiger partial charge in [0.25, 0.3) is 11.6 Å². The minimum Gasteiger partial charge on any atom is -0.493 e. The van der Waals surface area contributed by atoms with Crippen molar-refractivity contribution in [1.82, 2.24) is 0 Å². The molecule has 3 aromatic rings. The van der Waals surface area contributed by atoms with E-state index in [9.17, 15) is 14.9 Å². The quantitative estimate of drug-likeness (QED) is 0.115. The van der Waals surface area contributed by atoms with Crippen LogP contribution in [0.1, 0.15) is 11.1 Å². The fourth-order valence-electron chi connectivity index (χ4n) is 3.34. The van der Waals surface area contributed by atoms with Crippen molar-refractivity contribution >= 4 is 90.8 Å². The SMILES string of the molecule is COc1cc(/C=C2\SC(=S)N(c3cccc([N+](=O)[O-])c3)C2=O)cc(Br)c1OCc1ccc(Cl)cc1Cl. The number of hydrogen-bond acceptors (Lipinski definition) is 7. The van der Waals surface area contributed by atoms with Crippen molar-refractivity contribution in [3.63, 3.8) is 0 Å². The van der Waals surface area contributed by atoms with E-state index in [0.29, 0.717) is 42.2 Å². The fraction of sp³-hybridized carbons (Fsp3) is 0.0833. The minimum atomic E-state index is -0.523. The lowest BCUT2D eigenvalue weighted by Crippen LogP contribution is -2.27. The van der Waals surface area contributed by atoms with Gasteiger partial charge in [-0.05, 0) is 57.9 Å². The monoisotopic (exact) mass is 624 g/mol. The van der Waals surface area contributed by atoms with Crippen LogP contribution in [0.4, 0.5) is 11.4 Å². The molecule has 0 N–H and O–H groups in total. The third kappa shape index (κ3) is 5.68. The fourth-order valence-corrected chi connectivity index (χ4v) is 5.68. The van der Waals surface area contributed by atoms with E-state index in [-0.39, 0.29) is 22.5 Å². The molecule has 0 aliphatic carbocycles. The zero-order valence-corrected chi connectivity index (χ0v) is 23.1. The van der Waals surface area contributed by atoms with Crippen molar-refractivity contribution in [2.24, 2.45) is 0 Å². The first-order valence-electron chi connectivity index (χ1n) is 10.1. The molecule has 3 aromatic carbocycles. The first kappa shape index (κ1) is 26.4. The second kappa shape index (κ2) is 11.2. The summed E-state index contributed by atoms with van der Waals surface area (Å²) in [4.78, 5) is 25.4. The second-order valence-corrected chi connectivity index (χ2v) is 10.7. The van der Waals surface area contributed by atoms with Gasteiger partial charge < -0.3 is 9.47 Å². The van der Waals surface area contributed by atoms with Gasteiger partial charge in [0.15, 0.2) is 15.8 Å². The number of methoxy groups -OCH3 is 1. The highest BCUT2D eigenvalue weighted by molar-refractivity contribution is 9.10. The second-order valence-electron chi connectivity index (χ2n) is 7.35. The number of nitro groups is 1. The Morgan fingerprint density at radius 3 is 2.67 bits per heavy atom. The number of rotatable bonds is 7. The predicted octanol–water partition coefficient (Wildman–Crippen LogP) is 7.66. The van der Waals surface area contributed by atoms with Crippen LogP contribution < -0.4 is 14.4 Å². The number of carbonyl (C=O) groups is 1. The third-order valence-corrected chi connectivity index (χ3v) is 7.51. The summed E-state index contributed by atoms with van der Waals surface area (Å²) in [5, 5.41) is 12.1. The molecule has 0 spiro atoms. The maximum atomic E-state index is 13.1. The Labute approximate surface area is 234 Å². The number of hydrogen-bond donors (Lipinski definition) is 0. The van der Waals surface area contributed by atoms with Gasteiger partial charge in [0, 0.05) is 27.7 Å². The molecule has 184 valence electrons. The molecule has 1 heterocycles. The topological polar surface area (TPSA) is 81.9 Å². The molecule has 0 aromatic heterocycles. The number of thiocarbonyl (C=S) groups is 1. The summed E-state index contributed by atoms with van der Waals surface area (Å²) in [6, 6.07) is 14.4. The molecule has 1 amide bonds. The number of halogens is 3. The number of amides is 1. The molecule has 0 atom stereocenters. The lowest BCUT2D eigenvalue weighted by Gasteiger charge is -2.15. The molecule has 1 aliphatic heterocycles. The molecule has 4 rings (SSSR count). The van der Waals surface area contributed by atoms with E-state index in [1.165, 1.54) is 30.2 Å². The molecule has 12 heteroatoms. The van der Waals surface area contributed by atoms with E-state index in [4.69, 9.17) is 44.9 Å². The Kier molecular flexibility index (Phi) is 8.21. The molecule has 0 bridgehead atoms. The van der Waals surface area contributed by atoms with E-state index in [0.717, 1.165) is 17.3 Å². The number of nitrogens with zero attached hydrogens (tertiary/aromatic N) is 2. The van der Waals surface area contributed by atoms with E-state index in [2.05, 4.69) is 15.9 Å². The first-order valence-corrected chi connectivity index (χ1v) is 12.9. The standard InChI is InChI=1S/C24H15BrCl2N2O5S2/c1-33-20-8-13(7-18(25)22(20)34-12-14-5-6-15(26)10-19(14)27)9-21-23(30)28(24(35)36-21)16-3-2-4-17(11-16)29(31)32/h2-11H,12H2,1H3/b21-9-. The Bertz CT molecular complexity index is 1430. The van der Waals surface area contributed by atoms with Crippen molar-refractivity contribution in [1.29, 1.82) is 0 Å². The third-order valence-electron chi connectivity index (χ3n) is 5.03. The van der Waals surface area contributed by atoms with Crippen LogP contribution in [0.5, 0.6) is 11.5 Å². The number of nitro benzene ring substituents is 1. The van der Waals surface area contributed by atoms with Crippen molar-refractivity contribution in [3.8, 4) is 11.5 Å². The number of thioether (sulfide) groups is 1. The van der Waals surface area contributed by atoms with E-state index >= 15 is 0 Å². The van der Waals surface area contributed by atoms with Crippen LogP contribution in [0, 0.1) is 10.1 Å². The average Bonchev–Trinajstić information content (AvgIpc) is 3.11. The summed E-state index contributed by atoms with van der Waals surface area (Å²) in [5.74, 6) is 0.526. The van der Waals surface area contributed by atoms with Gasteiger partial charge >= 0.3 is 0 Å². The van der Waals surface area contributed by atoms with Gasteiger partial charge in [0.2, 0.25) is 0 Å². The first-order chi connectivity index (χ1) is 17.2. The van der Waals surface area contributed by atoms with Gasteiger partial charge in [-0.1, -0.05) is 59.3 Å². The molecular weight excluding hydrogens is 611 g/mol. The predicted molar refractivity (Wildman–Crippen MR) is 150 cm³/mol. The molecule has 0 saturated carbocycles.